The molecule has 2 nitrogen and oxygen atoms in total. The van der Waals surface area contributed by atoms with E-state index in [2.05, 4.69) is 4.98 Å². The van der Waals surface area contributed by atoms with Gasteiger partial charge in [0.1, 0.15) is 4.75 Å². The molecule has 0 saturated heterocycles. The first-order valence-electron chi connectivity index (χ1n) is 3.84. The summed E-state index contributed by atoms with van der Waals surface area (Å²) in [5.41, 5.74) is 0. The van der Waals surface area contributed by atoms with Crippen LogP contribution in [-0.2, 0) is 11.2 Å². The summed E-state index contributed by atoms with van der Waals surface area (Å²) in [5, 5.41) is 0. The largest absolute Gasteiger partial charge is 0.611 e. The molecular formula is C9H13NOS. The Morgan fingerprint density at radius 1 is 1.25 bits per heavy atom. The van der Waals surface area contributed by atoms with E-state index in [0.29, 0.717) is 0 Å². The molecule has 1 aromatic heterocycles. The lowest BCUT2D eigenvalue weighted by Crippen LogP contribution is -2.27. The van der Waals surface area contributed by atoms with Crippen molar-refractivity contribution in [2.24, 2.45) is 0 Å². The molecule has 0 aliphatic carbocycles. The standard InChI is InChI=1S/C9H13NOS/c1-9(2,3)12(11)8-4-6-10-7-5-8/h4-7H,1-3H3. The van der Waals surface area contributed by atoms with Gasteiger partial charge in [0.15, 0.2) is 4.90 Å². The van der Waals surface area contributed by atoms with Crippen LogP contribution in [0.15, 0.2) is 29.4 Å². The highest BCUT2D eigenvalue weighted by Gasteiger charge is 2.27. The third-order valence-electron chi connectivity index (χ3n) is 1.42. The van der Waals surface area contributed by atoms with Crippen LogP contribution in [0.5, 0.6) is 0 Å². The van der Waals surface area contributed by atoms with Crippen LogP contribution in [0.4, 0.5) is 0 Å². The summed E-state index contributed by atoms with van der Waals surface area (Å²) in [4.78, 5) is 4.72. The second kappa shape index (κ2) is 3.46. The molecule has 0 amide bonds. The predicted octanol–water partition coefficient (Wildman–Crippen LogP) is 1.99. The van der Waals surface area contributed by atoms with Crippen molar-refractivity contribution in [1.29, 1.82) is 0 Å². The Morgan fingerprint density at radius 2 is 1.75 bits per heavy atom. The minimum absolute atomic E-state index is 0.193. The Hall–Kier alpha value is -0.540. The summed E-state index contributed by atoms with van der Waals surface area (Å²) in [7, 11) is 0. The van der Waals surface area contributed by atoms with Gasteiger partial charge < -0.3 is 4.55 Å². The Labute approximate surface area is 76.2 Å². The molecule has 0 spiro atoms. The Kier molecular flexibility index (Phi) is 2.75. The van der Waals surface area contributed by atoms with E-state index < -0.39 is 11.2 Å². The fourth-order valence-electron chi connectivity index (χ4n) is 0.815. The molecule has 0 radical (unpaired) electrons. The lowest BCUT2D eigenvalue weighted by atomic mass is 10.3. The minimum Gasteiger partial charge on any atom is -0.611 e. The predicted molar refractivity (Wildman–Crippen MR) is 50.4 cm³/mol. The van der Waals surface area contributed by atoms with E-state index in [1.54, 1.807) is 24.5 Å². The summed E-state index contributed by atoms with van der Waals surface area (Å²) in [6, 6.07) is 3.59. The number of hydrogen-bond acceptors (Lipinski definition) is 2. The van der Waals surface area contributed by atoms with Crippen molar-refractivity contribution in [3.63, 3.8) is 0 Å². The molecule has 0 bridgehead atoms. The van der Waals surface area contributed by atoms with E-state index in [9.17, 15) is 4.55 Å². The Morgan fingerprint density at radius 3 is 2.17 bits per heavy atom. The number of nitrogens with zero attached hydrogens (tertiary/aromatic N) is 1. The van der Waals surface area contributed by atoms with Gasteiger partial charge in [0.2, 0.25) is 0 Å². The lowest BCUT2D eigenvalue weighted by Gasteiger charge is -2.23. The van der Waals surface area contributed by atoms with Gasteiger partial charge in [-0.1, -0.05) is 0 Å². The molecule has 0 aliphatic heterocycles. The maximum absolute atomic E-state index is 11.7. The van der Waals surface area contributed by atoms with E-state index in [4.69, 9.17) is 0 Å². The van der Waals surface area contributed by atoms with Crippen molar-refractivity contribution in [3.8, 4) is 0 Å². The van der Waals surface area contributed by atoms with Crippen molar-refractivity contribution in [3.05, 3.63) is 24.5 Å². The summed E-state index contributed by atoms with van der Waals surface area (Å²) in [5.74, 6) is 0. The number of aromatic nitrogens is 1. The highest BCUT2D eigenvalue weighted by molar-refractivity contribution is 7.92. The van der Waals surface area contributed by atoms with E-state index in [0.717, 1.165) is 4.90 Å². The van der Waals surface area contributed by atoms with Gasteiger partial charge >= 0.3 is 0 Å². The highest BCUT2D eigenvalue weighted by Crippen LogP contribution is 2.23. The molecule has 0 aliphatic rings. The Bertz CT molecular complexity index is 242. The second-order valence-corrected chi connectivity index (χ2v) is 5.80. The van der Waals surface area contributed by atoms with Gasteiger partial charge in [-0.3, -0.25) is 4.98 Å². The first kappa shape index (κ1) is 9.55. The van der Waals surface area contributed by atoms with E-state index in [1.807, 2.05) is 20.8 Å². The zero-order valence-corrected chi connectivity index (χ0v) is 8.39. The number of rotatable bonds is 1. The smallest absolute Gasteiger partial charge is 0.156 e. The van der Waals surface area contributed by atoms with Crippen LogP contribution in [0.25, 0.3) is 0 Å². The molecule has 1 rings (SSSR count). The fraction of sp³-hybridized carbons (Fsp3) is 0.444. The molecule has 1 aromatic rings. The van der Waals surface area contributed by atoms with Crippen molar-refractivity contribution in [1.82, 2.24) is 4.98 Å². The van der Waals surface area contributed by atoms with Gasteiger partial charge in [-0.05, 0) is 31.9 Å². The summed E-state index contributed by atoms with van der Waals surface area (Å²) >= 11 is -0.941. The van der Waals surface area contributed by atoms with Gasteiger partial charge in [0.05, 0.1) is 0 Å². The maximum atomic E-state index is 11.7. The zero-order chi connectivity index (χ0) is 9.19. The molecule has 1 atom stereocenters. The molecule has 0 N–H and O–H groups in total. The summed E-state index contributed by atoms with van der Waals surface area (Å²) in [6.45, 7) is 5.89. The first-order valence-corrected chi connectivity index (χ1v) is 4.99. The van der Waals surface area contributed by atoms with E-state index in [-0.39, 0.29) is 4.75 Å². The fourth-order valence-corrected chi connectivity index (χ4v) is 1.89. The molecular weight excluding hydrogens is 170 g/mol. The number of pyridine rings is 1. The van der Waals surface area contributed by atoms with Gasteiger partial charge in [0, 0.05) is 24.5 Å². The van der Waals surface area contributed by atoms with E-state index >= 15 is 0 Å². The normalized spacial score (nSPS) is 14.3. The van der Waals surface area contributed by atoms with Crippen LogP contribution in [0.1, 0.15) is 20.8 Å². The van der Waals surface area contributed by atoms with Gasteiger partial charge in [0.25, 0.3) is 0 Å². The molecule has 0 aromatic carbocycles. The molecule has 0 saturated carbocycles. The van der Waals surface area contributed by atoms with Crippen LogP contribution >= 0.6 is 0 Å². The van der Waals surface area contributed by atoms with Crippen molar-refractivity contribution in [2.75, 3.05) is 0 Å². The molecule has 66 valence electrons. The van der Waals surface area contributed by atoms with Crippen LogP contribution in [0.2, 0.25) is 0 Å². The third kappa shape index (κ3) is 2.22. The van der Waals surface area contributed by atoms with Crippen LogP contribution in [0.3, 0.4) is 0 Å². The third-order valence-corrected chi connectivity index (χ3v) is 3.23. The summed E-state index contributed by atoms with van der Waals surface area (Å²) in [6.07, 6.45) is 3.33. The first-order chi connectivity index (χ1) is 5.52. The summed E-state index contributed by atoms with van der Waals surface area (Å²) < 4.78 is 11.6. The van der Waals surface area contributed by atoms with Gasteiger partial charge in [-0.2, -0.15) is 0 Å². The molecule has 12 heavy (non-hydrogen) atoms. The van der Waals surface area contributed by atoms with Gasteiger partial charge in [-0.15, -0.1) is 0 Å². The topological polar surface area (TPSA) is 36.0 Å². The van der Waals surface area contributed by atoms with Gasteiger partial charge in [-0.25, -0.2) is 0 Å². The number of hydrogen-bond donors (Lipinski definition) is 0. The molecule has 1 heterocycles. The average Bonchev–Trinajstić information content (AvgIpc) is 2.03. The molecule has 1 unspecified atom stereocenters. The Balaban J connectivity index is 2.86. The maximum Gasteiger partial charge on any atom is 0.156 e. The molecule has 3 heteroatoms. The minimum atomic E-state index is -0.941. The monoisotopic (exact) mass is 183 g/mol. The average molecular weight is 183 g/mol. The molecule has 0 fully saturated rings. The second-order valence-electron chi connectivity index (χ2n) is 3.56. The quantitative estimate of drug-likeness (QED) is 0.624. The van der Waals surface area contributed by atoms with Crippen molar-refractivity contribution in [2.45, 2.75) is 30.4 Å². The van der Waals surface area contributed by atoms with Crippen molar-refractivity contribution < 1.29 is 4.55 Å². The van der Waals surface area contributed by atoms with Crippen LogP contribution < -0.4 is 0 Å². The van der Waals surface area contributed by atoms with E-state index in [1.165, 1.54) is 0 Å². The lowest BCUT2D eigenvalue weighted by molar-refractivity contribution is 0.559. The SMILES string of the molecule is CC(C)(C)[S+]([O-])c1ccncc1. The van der Waals surface area contributed by atoms with Crippen molar-refractivity contribution >= 4 is 11.2 Å². The highest BCUT2D eigenvalue weighted by atomic mass is 32.2. The van der Waals surface area contributed by atoms with Crippen LogP contribution in [-0.4, -0.2) is 14.3 Å². The zero-order valence-electron chi connectivity index (χ0n) is 7.57. The van der Waals surface area contributed by atoms with Crippen LogP contribution in [0, 0.1) is 0 Å².